The summed E-state index contributed by atoms with van der Waals surface area (Å²) in [5.41, 5.74) is 2.29. The fourth-order valence-electron chi connectivity index (χ4n) is 2.08. The van der Waals surface area contributed by atoms with E-state index in [1.54, 1.807) is 0 Å². The highest BCUT2D eigenvalue weighted by Crippen LogP contribution is 2.33. The molecule has 1 aliphatic rings. The van der Waals surface area contributed by atoms with Crippen LogP contribution < -0.4 is 10.1 Å². The highest BCUT2D eigenvalue weighted by molar-refractivity contribution is 6.32. The molecule has 17 heavy (non-hydrogen) atoms. The lowest BCUT2D eigenvalue weighted by Crippen LogP contribution is -2.17. The van der Waals surface area contributed by atoms with Crippen molar-refractivity contribution in [2.24, 2.45) is 0 Å². The molecule has 0 aliphatic carbocycles. The van der Waals surface area contributed by atoms with Gasteiger partial charge in [-0.1, -0.05) is 11.6 Å². The molecule has 4 heteroatoms. The first-order valence-corrected chi connectivity index (χ1v) is 6.31. The monoisotopic (exact) mass is 255 g/mol. The number of hydrogen-bond donors (Lipinski definition) is 1. The Morgan fingerprint density at radius 3 is 2.88 bits per heavy atom. The Balaban J connectivity index is 2.26. The number of halogens is 1. The third-order valence-corrected chi connectivity index (χ3v) is 3.22. The minimum atomic E-state index is 0.0816. The van der Waals surface area contributed by atoms with Crippen LogP contribution in [0.15, 0.2) is 12.1 Å². The van der Waals surface area contributed by atoms with Crippen LogP contribution in [0.1, 0.15) is 31.1 Å². The molecule has 1 aliphatic heterocycles. The Hall–Kier alpha value is -0.770. The van der Waals surface area contributed by atoms with Crippen molar-refractivity contribution in [1.82, 2.24) is 5.32 Å². The van der Waals surface area contributed by atoms with Crippen LogP contribution in [0.5, 0.6) is 5.75 Å². The summed E-state index contributed by atoms with van der Waals surface area (Å²) in [5, 5.41) is 3.91. The number of aryl methyl sites for hydroxylation is 1. The van der Waals surface area contributed by atoms with Gasteiger partial charge in [0.25, 0.3) is 0 Å². The van der Waals surface area contributed by atoms with Crippen molar-refractivity contribution in [1.29, 1.82) is 0 Å². The Kier molecular flexibility index (Phi) is 3.92. The summed E-state index contributed by atoms with van der Waals surface area (Å²) in [4.78, 5) is 0. The van der Waals surface area contributed by atoms with E-state index in [0.717, 1.165) is 23.4 Å². The van der Waals surface area contributed by atoms with Gasteiger partial charge >= 0.3 is 0 Å². The van der Waals surface area contributed by atoms with Gasteiger partial charge in [0.1, 0.15) is 12.0 Å². The molecular weight excluding hydrogens is 238 g/mol. The van der Waals surface area contributed by atoms with Crippen molar-refractivity contribution >= 4 is 11.6 Å². The molecule has 1 fully saturated rings. The topological polar surface area (TPSA) is 30.5 Å². The van der Waals surface area contributed by atoms with Crippen LogP contribution in [0.4, 0.5) is 0 Å². The van der Waals surface area contributed by atoms with Gasteiger partial charge in [-0.25, -0.2) is 0 Å². The van der Waals surface area contributed by atoms with Crippen LogP contribution in [-0.2, 0) is 4.74 Å². The summed E-state index contributed by atoms with van der Waals surface area (Å²) in [5.74, 6) is 0.745. The van der Waals surface area contributed by atoms with Crippen LogP contribution in [0.3, 0.4) is 0 Å². The van der Waals surface area contributed by atoms with Gasteiger partial charge in [0, 0.05) is 6.54 Å². The molecule has 0 bridgehead atoms. The number of ether oxygens (including phenoxy) is 2. The van der Waals surface area contributed by atoms with E-state index in [4.69, 9.17) is 21.1 Å². The standard InChI is InChI=1S/C13H18ClNO2/c1-4-16-12-5-8(2)10(6-11(12)14)13-7-15-9(3)17-13/h5-6,9,13,15H,4,7H2,1-3H3. The van der Waals surface area contributed by atoms with Gasteiger partial charge in [0.2, 0.25) is 0 Å². The molecule has 3 nitrogen and oxygen atoms in total. The maximum Gasteiger partial charge on any atom is 0.138 e. The van der Waals surface area contributed by atoms with Crippen molar-refractivity contribution in [3.05, 3.63) is 28.3 Å². The largest absolute Gasteiger partial charge is 0.492 e. The molecule has 0 saturated carbocycles. The molecule has 1 aromatic rings. The average Bonchev–Trinajstić information content (AvgIpc) is 2.70. The van der Waals surface area contributed by atoms with Crippen molar-refractivity contribution < 1.29 is 9.47 Å². The lowest BCUT2D eigenvalue weighted by Gasteiger charge is -2.16. The van der Waals surface area contributed by atoms with E-state index >= 15 is 0 Å². The van der Waals surface area contributed by atoms with Crippen molar-refractivity contribution in [2.75, 3.05) is 13.2 Å². The van der Waals surface area contributed by atoms with Gasteiger partial charge in [-0.3, -0.25) is 5.32 Å². The first-order chi connectivity index (χ1) is 8.11. The zero-order valence-electron chi connectivity index (χ0n) is 10.4. The molecule has 1 heterocycles. The summed E-state index contributed by atoms with van der Waals surface area (Å²) >= 11 is 6.19. The third-order valence-electron chi connectivity index (χ3n) is 2.93. The minimum absolute atomic E-state index is 0.0816. The lowest BCUT2D eigenvalue weighted by atomic mass is 10.0. The maximum atomic E-state index is 6.19. The van der Waals surface area contributed by atoms with E-state index in [9.17, 15) is 0 Å². The van der Waals surface area contributed by atoms with E-state index in [-0.39, 0.29) is 12.3 Å². The van der Waals surface area contributed by atoms with Gasteiger partial charge in [0.15, 0.2) is 0 Å². The predicted molar refractivity (Wildman–Crippen MR) is 68.6 cm³/mol. The molecule has 2 atom stereocenters. The van der Waals surface area contributed by atoms with Crippen LogP contribution in [0, 0.1) is 6.92 Å². The van der Waals surface area contributed by atoms with Gasteiger partial charge in [-0.05, 0) is 44.0 Å². The number of nitrogens with one attached hydrogen (secondary N) is 1. The summed E-state index contributed by atoms with van der Waals surface area (Å²) in [6, 6.07) is 3.93. The van der Waals surface area contributed by atoms with E-state index in [0.29, 0.717) is 11.6 Å². The zero-order valence-corrected chi connectivity index (χ0v) is 11.2. The van der Waals surface area contributed by atoms with E-state index < -0.39 is 0 Å². The van der Waals surface area contributed by atoms with Crippen LogP contribution in [0.25, 0.3) is 0 Å². The van der Waals surface area contributed by atoms with Crippen molar-refractivity contribution in [3.63, 3.8) is 0 Å². The van der Waals surface area contributed by atoms with Crippen LogP contribution >= 0.6 is 11.6 Å². The Morgan fingerprint density at radius 2 is 2.29 bits per heavy atom. The highest BCUT2D eigenvalue weighted by atomic mass is 35.5. The Morgan fingerprint density at radius 1 is 1.53 bits per heavy atom. The molecule has 0 spiro atoms. The molecule has 1 N–H and O–H groups in total. The smallest absolute Gasteiger partial charge is 0.138 e. The SMILES string of the molecule is CCOc1cc(C)c(C2CNC(C)O2)cc1Cl. The molecule has 1 saturated heterocycles. The van der Waals surface area contributed by atoms with E-state index in [2.05, 4.69) is 12.2 Å². The molecule has 0 amide bonds. The fraction of sp³-hybridized carbons (Fsp3) is 0.538. The molecule has 94 valence electrons. The number of benzene rings is 1. The Labute approximate surface area is 107 Å². The first-order valence-electron chi connectivity index (χ1n) is 5.93. The van der Waals surface area contributed by atoms with E-state index in [1.807, 2.05) is 26.0 Å². The van der Waals surface area contributed by atoms with Crippen molar-refractivity contribution in [2.45, 2.75) is 33.1 Å². The Bertz CT molecular complexity index is 409. The third kappa shape index (κ3) is 2.73. The van der Waals surface area contributed by atoms with Gasteiger partial charge in [-0.15, -0.1) is 0 Å². The summed E-state index contributed by atoms with van der Waals surface area (Å²) in [6.07, 6.45) is 0.183. The quantitative estimate of drug-likeness (QED) is 0.901. The normalized spacial score (nSPS) is 24.0. The molecule has 0 radical (unpaired) electrons. The second kappa shape index (κ2) is 5.25. The summed E-state index contributed by atoms with van der Waals surface area (Å²) in [6.45, 7) is 7.46. The molecule has 1 aromatic carbocycles. The van der Waals surface area contributed by atoms with Gasteiger partial charge in [-0.2, -0.15) is 0 Å². The lowest BCUT2D eigenvalue weighted by molar-refractivity contribution is 0.0526. The van der Waals surface area contributed by atoms with Crippen molar-refractivity contribution in [3.8, 4) is 5.75 Å². The number of rotatable bonds is 3. The zero-order chi connectivity index (χ0) is 12.4. The molecular formula is C13H18ClNO2. The van der Waals surface area contributed by atoms with E-state index in [1.165, 1.54) is 0 Å². The molecule has 2 unspecified atom stereocenters. The number of hydrogen-bond acceptors (Lipinski definition) is 3. The minimum Gasteiger partial charge on any atom is -0.492 e. The second-order valence-electron chi connectivity index (χ2n) is 4.25. The summed E-state index contributed by atoms with van der Waals surface area (Å²) in [7, 11) is 0. The van der Waals surface area contributed by atoms with Gasteiger partial charge in [0.05, 0.1) is 17.7 Å². The van der Waals surface area contributed by atoms with Crippen LogP contribution in [0.2, 0.25) is 5.02 Å². The predicted octanol–water partition coefficient (Wildman–Crippen LogP) is 3.05. The fourth-order valence-corrected chi connectivity index (χ4v) is 2.31. The summed E-state index contributed by atoms with van der Waals surface area (Å²) < 4.78 is 11.2. The molecule has 0 aromatic heterocycles. The van der Waals surface area contributed by atoms with Gasteiger partial charge < -0.3 is 9.47 Å². The maximum absolute atomic E-state index is 6.19. The second-order valence-corrected chi connectivity index (χ2v) is 4.65. The van der Waals surface area contributed by atoms with Crippen LogP contribution in [-0.4, -0.2) is 19.4 Å². The molecule has 2 rings (SSSR count). The highest BCUT2D eigenvalue weighted by Gasteiger charge is 2.24. The average molecular weight is 256 g/mol. The first kappa shape index (κ1) is 12.7.